The zero-order chi connectivity index (χ0) is 27.8. The standard InChI is InChI=1S/C32H27ClFN5O2/c33-26-9-7-22(8-10-26)23-5-6-24-17-32(18-25(24)16-23,31-36-38-39-37-31)35-30-29(41-30)15-20-3-13-28(14-4-20)40-19-21-1-11-27(34)12-2-21/h1-14,16,29-30,35H,15,17-19H2,(H,36,37,38,39). The molecule has 4 aromatic carbocycles. The van der Waals surface area contributed by atoms with Crippen molar-refractivity contribution in [2.75, 3.05) is 0 Å². The van der Waals surface area contributed by atoms with Gasteiger partial charge in [-0.3, -0.25) is 5.32 Å². The summed E-state index contributed by atoms with van der Waals surface area (Å²) in [5.41, 5.74) is 6.35. The van der Waals surface area contributed by atoms with E-state index in [0.717, 1.165) is 52.3 Å². The van der Waals surface area contributed by atoms with Crippen LogP contribution in [-0.2, 0) is 36.1 Å². The van der Waals surface area contributed by atoms with E-state index in [-0.39, 0.29) is 18.1 Å². The SMILES string of the molecule is Fc1ccc(COc2ccc(CC3OC3NC3(c4nn[nH]n4)Cc4ccc(-c5ccc(Cl)cc5)cc4C3)cc2)cc1. The Kier molecular flexibility index (Phi) is 6.74. The molecule has 9 heteroatoms. The lowest BCUT2D eigenvalue weighted by Crippen LogP contribution is -2.46. The van der Waals surface area contributed by atoms with Gasteiger partial charge in [0.25, 0.3) is 0 Å². The van der Waals surface area contributed by atoms with Crippen molar-refractivity contribution in [3.05, 3.63) is 130 Å². The van der Waals surface area contributed by atoms with Crippen molar-refractivity contribution in [2.24, 2.45) is 0 Å². The van der Waals surface area contributed by atoms with E-state index < -0.39 is 5.54 Å². The minimum atomic E-state index is -0.509. The average molecular weight is 568 g/mol. The fraction of sp³-hybridized carbons (Fsp3) is 0.219. The first-order valence-electron chi connectivity index (χ1n) is 13.5. The van der Waals surface area contributed by atoms with Crippen molar-refractivity contribution in [3.8, 4) is 16.9 Å². The number of ether oxygens (including phenoxy) is 2. The fourth-order valence-electron chi connectivity index (χ4n) is 5.59. The maximum absolute atomic E-state index is 13.1. The number of halogens is 2. The molecule has 2 N–H and O–H groups in total. The molecule has 5 aromatic rings. The van der Waals surface area contributed by atoms with Crippen molar-refractivity contribution in [1.82, 2.24) is 25.9 Å². The Hall–Kier alpha value is -4.11. The van der Waals surface area contributed by atoms with Gasteiger partial charge < -0.3 is 9.47 Å². The lowest BCUT2D eigenvalue weighted by Gasteiger charge is -2.26. The highest BCUT2D eigenvalue weighted by Gasteiger charge is 2.50. The van der Waals surface area contributed by atoms with Gasteiger partial charge in [0.2, 0.25) is 0 Å². The van der Waals surface area contributed by atoms with Crippen LogP contribution in [0, 0.1) is 5.82 Å². The molecule has 7 nitrogen and oxygen atoms in total. The summed E-state index contributed by atoms with van der Waals surface area (Å²) < 4.78 is 25.0. The van der Waals surface area contributed by atoms with E-state index in [9.17, 15) is 4.39 Å². The third-order valence-corrected chi connectivity index (χ3v) is 8.07. The number of tetrazole rings is 1. The summed E-state index contributed by atoms with van der Waals surface area (Å²) in [5.74, 6) is 1.15. The Labute approximate surface area is 241 Å². The molecule has 0 radical (unpaired) electrons. The lowest BCUT2D eigenvalue weighted by molar-refractivity contribution is 0.254. The topological polar surface area (TPSA) is 88.2 Å². The largest absolute Gasteiger partial charge is 0.489 e. The minimum Gasteiger partial charge on any atom is -0.489 e. The number of aromatic amines is 1. The zero-order valence-corrected chi connectivity index (χ0v) is 22.8. The van der Waals surface area contributed by atoms with Gasteiger partial charge in [-0.1, -0.05) is 71.4 Å². The molecule has 2 heterocycles. The van der Waals surface area contributed by atoms with E-state index >= 15 is 0 Å². The van der Waals surface area contributed by atoms with E-state index in [2.05, 4.69) is 56.3 Å². The molecule has 41 heavy (non-hydrogen) atoms. The van der Waals surface area contributed by atoms with Gasteiger partial charge >= 0.3 is 0 Å². The molecule has 1 saturated heterocycles. The summed E-state index contributed by atoms with van der Waals surface area (Å²) in [6, 6.07) is 28.8. The Balaban J connectivity index is 1.00. The van der Waals surface area contributed by atoms with Crippen molar-refractivity contribution < 1.29 is 13.9 Å². The number of hydrogen-bond donors (Lipinski definition) is 2. The van der Waals surface area contributed by atoms with Crippen LogP contribution in [0.4, 0.5) is 4.39 Å². The summed E-state index contributed by atoms with van der Waals surface area (Å²) in [7, 11) is 0. The molecule has 0 bridgehead atoms. The van der Waals surface area contributed by atoms with E-state index in [1.54, 1.807) is 12.1 Å². The number of aromatic nitrogens is 4. The van der Waals surface area contributed by atoms with Gasteiger partial charge in [-0.05, 0) is 82.6 Å². The zero-order valence-electron chi connectivity index (χ0n) is 22.1. The summed E-state index contributed by atoms with van der Waals surface area (Å²) in [4.78, 5) is 0. The molecule has 1 aliphatic carbocycles. The highest BCUT2D eigenvalue weighted by atomic mass is 35.5. The summed E-state index contributed by atoms with van der Waals surface area (Å²) in [6.07, 6.45) is 2.17. The monoisotopic (exact) mass is 567 g/mol. The molecular weight excluding hydrogens is 541 g/mol. The van der Waals surface area contributed by atoms with Gasteiger partial charge in [0.1, 0.15) is 30.5 Å². The van der Waals surface area contributed by atoms with Gasteiger partial charge in [-0.15, -0.1) is 10.2 Å². The van der Waals surface area contributed by atoms with Crippen LogP contribution in [0.15, 0.2) is 91.0 Å². The number of H-pyrrole nitrogens is 1. The molecule has 0 saturated carbocycles. The first-order chi connectivity index (χ1) is 20.0. The molecule has 3 atom stereocenters. The van der Waals surface area contributed by atoms with Crippen LogP contribution in [0.3, 0.4) is 0 Å². The normalized spacial score (nSPS) is 21.0. The number of benzene rings is 4. The molecular formula is C32H27ClFN5O2. The number of nitrogens with zero attached hydrogens (tertiary/aromatic N) is 3. The van der Waals surface area contributed by atoms with Gasteiger partial charge in [-0.25, -0.2) is 4.39 Å². The van der Waals surface area contributed by atoms with Crippen LogP contribution >= 0.6 is 11.6 Å². The van der Waals surface area contributed by atoms with Crippen LogP contribution < -0.4 is 10.1 Å². The second kappa shape index (κ2) is 10.7. The van der Waals surface area contributed by atoms with Gasteiger partial charge in [0, 0.05) is 11.4 Å². The molecule has 2 aliphatic rings. The number of rotatable bonds is 9. The molecule has 1 aromatic heterocycles. The third kappa shape index (κ3) is 5.59. The first-order valence-corrected chi connectivity index (χ1v) is 13.9. The number of epoxide rings is 1. The predicted octanol–water partition coefficient (Wildman–Crippen LogP) is 5.79. The second-order valence-electron chi connectivity index (χ2n) is 10.7. The van der Waals surface area contributed by atoms with E-state index in [0.29, 0.717) is 12.4 Å². The summed E-state index contributed by atoms with van der Waals surface area (Å²) in [6.45, 7) is 0.388. The van der Waals surface area contributed by atoms with Crippen LogP contribution in [0.1, 0.15) is 28.1 Å². The number of nitrogens with one attached hydrogen (secondary N) is 2. The maximum Gasteiger partial charge on any atom is 0.195 e. The smallest absolute Gasteiger partial charge is 0.195 e. The first kappa shape index (κ1) is 25.8. The Bertz CT molecular complexity index is 1650. The van der Waals surface area contributed by atoms with Gasteiger partial charge in [-0.2, -0.15) is 5.21 Å². The average Bonchev–Trinajstić information content (AvgIpc) is 3.35. The molecule has 0 amide bonds. The third-order valence-electron chi connectivity index (χ3n) is 7.82. The Morgan fingerprint density at radius 2 is 1.63 bits per heavy atom. The predicted molar refractivity (Wildman–Crippen MR) is 153 cm³/mol. The van der Waals surface area contributed by atoms with E-state index in [4.69, 9.17) is 21.1 Å². The lowest BCUT2D eigenvalue weighted by atomic mass is 9.94. The van der Waals surface area contributed by atoms with Gasteiger partial charge in [0.15, 0.2) is 5.82 Å². The quantitative estimate of drug-likeness (QED) is 0.219. The number of hydrogen-bond acceptors (Lipinski definition) is 6. The van der Waals surface area contributed by atoms with Crippen LogP contribution in [0.25, 0.3) is 11.1 Å². The molecule has 0 spiro atoms. The molecule has 1 aliphatic heterocycles. The fourth-order valence-corrected chi connectivity index (χ4v) is 5.71. The second-order valence-corrected chi connectivity index (χ2v) is 11.1. The van der Waals surface area contributed by atoms with E-state index in [1.807, 2.05) is 36.4 Å². The van der Waals surface area contributed by atoms with Crippen LogP contribution in [-0.4, -0.2) is 33.0 Å². The highest BCUT2D eigenvalue weighted by molar-refractivity contribution is 6.30. The summed E-state index contributed by atoms with van der Waals surface area (Å²) >= 11 is 6.09. The Morgan fingerprint density at radius 1 is 0.902 bits per heavy atom. The van der Waals surface area contributed by atoms with Crippen molar-refractivity contribution >= 4 is 11.6 Å². The van der Waals surface area contributed by atoms with Crippen molar-refractivity contribution in [1.29, 1.82) is 0 Å². The molecule has 1 fully saturated rings. The molecule has 3 unspecified atom stereocenters. The maximum atomic E-state index is 13.1. The van der Waals surface area contributed by atoms with Crippen LogP contribution in [0.2, 0.25) is 5.02 Å². The van der Waals surface area contributed by atoms with Crippen molar-refractivity contribution in [2.45, 2.75) is 43.7 Å². The Morgan fingerprint density at radius 3 is 2.39 bits per heavy atom. The number of fused-ring (bicyclic) bond motifs is 1. The minimum absolute atomic E-state index is 0.0399. The highest BCUT2D eigenvalue weighted by Crippen LogP contribution is 2.40. The van der Waals surface area contributed by atoms with Crippen molar-refractivity contribution in [3.63, 3.8) is 0 Å². The van der Waals surface area contributed by atoms with Crippen LogP contribution in [0.5, 0.6) is 5.75 Å². The van der Waals surface area contributed by atoms with Gasteiger partial charge in [0.05, 0.1) is 5.54 Å². The molecule has 206 valence electrons. The van der Waals surface area contributed by atoms with E-state index in [1.165, 1.54) is 23.3 Å². The summed E-state index contributed by atoms with van der Waals surface area (Å²) in [5, 5.41) is 19.7. The molecule has 7 rings (SSSR count).